The number of anilines is 1. The van der Waals surface area contributed by atoms with Gasteiger partial charge in [-0.3, -0.25) is 4.79 Å². The van der Waals surface area contributed by atoms with Gasteiger partial charge in [-0.2, -0.15) is 0 Å². The fourth-order valence-electron chi connectivity index (χ4n) is 3.66. The van der Waals surface area contributed by atoms with Crippen molar-refractivity contribution in [2.24, 2.45) is 17.6 Å². The topological polar surface area (TPSA) is 62.5 Å². The van der Waals surface area contributed by atoms with Crippen LogP contribution in [0.1, 0.15) is 19.3 Å². The summed E-state index contributed by atoms with van der Waals surface area (Å²) in [4.78, 5) is 21.1. The Labute approximate surface area is 171 Å². The molecule has 2 heterocycles. The Hall–Kier alpha value is -0.460. The van der Waals surface area contributed by atoms with E-state index in [1.54, 1.807) is 12.3 Å². The van der Waals surface area contributed by atoms with Gasteiger partial charge in [0.1, 0.15) is 5.82 Å². The Kier molecular flexibility index (Phi) is 9.05. The van der Waals surface area contributed by atoms with Crippen LogP contribution in [0.15, 0.2) is 12.3 Å². The first-order valence-corrected chi connectivity index (χ1v) is 8.90. The zero-order chi connectivity index (χ0) is 16.4. The van der Waals surface area contributed by atoms with E-state index in [4.69, 9.17) is 28.9 Å². The minimum absolute atomic E-state index is 0. The lowest BCUT2D eigenvalue weighted by molar-refractivity contribution is -0.136. The normalized spacial score (nSPS) is 23.0. The highest BCUT2D eigenvalue weighted by molar-refractivity contribution is 6.36. The summed E-state index contributed by atoms with van der Waals surface area (Å²) in [6.07, 6.45) is 4.77. The van der Waals surface area contributed by atoms with Crippen LogP contribution in [-0.4, -0.2) is 48.5 Å². The monoisotopic (exact) mass is 428 g/mol. The van der Waals surface area contributed by atoms with Gasteiger partial charge in [-0.15, -0.1) is 24.8 Å². The number of rotatable bonds is 3. The average Bonchev–Trinajstić information content (AvgIpc) is 3.03. The summed E-state index contributed by atoms with van der Waals surface area (Å²) < 4.78 is 0. The number of aromatic nitrogens is 1. The molecule has 0 spiro atoms. The summed E-state index contributed by atoms with van der Waals surface area (Å²) in [6.45, 7) is 3.49. The number of carbonyl (C=O) groups excluding carboxylic acids is 1. The molecule has 2 N–H and O–H groups in total. The molecule has 2 atom stereocenters. The van der Waals surface area contributed by atoms with Gasteiger partial charge in [-0.1, -0.05) is 29.6 Å². The second-order valence-corrected chi connectivity index (χ2v) is 7.15. The predicted octanol–water partition coefficient (Wildman–Crippen LogP) is 3.26. The quantitative estimate of drug-likeness (QED) is 0.800. The van der Waals surface area contributed by atoms with Gasteiger partial charge in [-0.25, -0.2) is 4.98 Å². The van der Waals surface area contributed by atoms with Crippen molar-refractivity contribution < 1.29 is 4.79 Å². The molecule has 2 fully saturated rings. The average molecular weight is 430 g/mol. The molecule has 1 aromatic rings. The lowest BCUT2D eigenvalue weighted by atomic mass is 9.94. The summed E-state index contributed by atoms with van der Waals surface area (Å²) in [5.74, 6) is 1.48. The van der Waals surface area contributed by atoms with E-state index in [1.807, 2.05) is 4.90 Å². The first-order valence-electron chi connectivity index (χ1n) is 8.15. The van der Waals surface area contributed by atoms with Gasteiger partial charge in [-0.05, 0) is 31.4 Å². The van der Waals surface area contributed by atoms with Crippen LogP contribution in [0.5, 0.6) is 0 Å². The van der Waals surface area contributed by atoms with Crippen LogP contribution in [-0.2, 0) is 4.79 Å². The second kappa shape index (κ2) is 10.0. The Bertz CT molecular complexity index is 581. The highest BCUT2D eigenvalue weighted by atomic mass is 35.5. The second-order valence-electron chi connectivity index (χ2n) is 6.30. The first kappa shape index (κ1) is 22.6. The van der Waals surface area contributed by atoms with Crippen LogP contribution in [0.3, 0.4) is 0 Å². The largest absolute Gasteiger partial charge is 0.352 e. The maximum atomic E-state index is 12.7. The standard InChI is InChI=1S/C16H22Cl2N4O.2ClH/c17-12-8-14(18)15(20-10-12)21-4-6-22(7-5-21)16(23)13-3-1-2-11(13)9-19;;/h8,10-11,13H,1-7,9,19H2;2*1H/t11-,13-;;/m1../s1. The van der Waals surface area contributed by atoms with Crippen molar-refractivity contribution in [2.45, 2.75) is 19.3 Å². The number of piperazine rings is 1. The molecule has 142 valence electrons. The van der Waals surface area contributed by atoms with Gasteiger partial charge in [0, 0.05) is 38.3 Å². The summed E-state index contributed by atoms with van der Waals surface area (Å²) in [5.41, 5.74) is 5.81. The molecule has 5 nitrogen and oxygen atoms in total. The van der Waals surface area contributed by atoms with Gasteiger partial charge in [0.25, 0.3) is 0 Å². The number of hydrogen-bond donors (Lipinski definition) is 1. The number of hydrogen-bond acceptors (Lipinski definition) is 4. The molecule has 1 saturated heterocycles. The van der Waals surface area contributed by atoms with Gasteiger partial charge >= 0.3 is 0 Å². The van der Waals surface area contributed by atoms with Crippen molar-refractivity contribution in [1.29, 1.82) is 0 Å². The van der Waals surface area contributed by atoms with Gasteiger partial charge in [0.2, 0.25) is 5.91 Å². The number of halogens is 4. The number of nitrogens with zero attached hydrogens (tertiary/aromatic N) is 3. The fraction of sp³-hybridized carbons (Fsp3) is 0.625. The van der Waals surface area contributed by atoms with Crippen molar-refractivity contribution in [2.75, 3.05) is 37.6 Å². The molecule has 1 amide bonds. The summed E-state index contributed by atoms with van der Waals surface area (Å²) in [5, 5.41) is 1.08. The zero-order valence-corrected chi connectivity index (χ0v) is 17.0. The van der Waals surface area contributed by atoms with E-state index >= 15 is 0 Å². The Balaban J connectivity index is 0.00000156. The molecule has 1 aliphatic heterocycles. The van der Waals surface area contributed by atoms with Crippen molar-refractivity contribution in [3.05, 3.63) is 22.3 Å². The highest BCUT2D eigenvalue weighted by Crippen LogP contribution is 2.33. The number of nitrogens with two attached hydrogens (primary N) is 1. The van der Waals surface area contributed by atoms with Gasteiger partial charge < -0.3 is 15.5 Å². The van der Waals surface area contributed by atoms with E-state index in [-0.39, 0.29) is 36.6 Å². The minimum Gasteiger partial charge on any atom is -0.352 e. The van der Waals surface area contributed by atoms with Crippen molar-refractivity contribution in [3.8, 4) is 0 Å². The van der Waals surface area contributed by atoms with Crippen LogP contribution in [0.4, 0.5) is 5.82 Å². The van der Waals surface area contributed by atoms with Crippen LogP contribution < -0.4 is 10.6 Å². The molecule has 0 bridgehead atoms. The lowest BCUT2D eigenvalue weighted by Gasteiger charge is -2.37. The van der Waals surface area contributed by atoms with Gasteiger partial charge in [0.15, 0.2) is 0 Å². The molecule has 2 aliphatic rings. The number of amides is 1. The van der Waals surface area contributed by atoms with Gasteiger partial charge in [0.05, 0.1) is 10.0 Å². The van der Waals surface area contributed by atoms with Crippen molar-refractivity contribution in [3.63, 3.8) is 0 Å². The zero-order valence-electron chi connectivity index (χ0n) is 13.9. The van der Waals surface area contributed by atoms with Crippen LogP contribution >= 0.6 is 48.0 Å². The van der Waals surface area contributed by atoms with Crippen LogP contribution in [0.2, 0.25) is 10.0 Å². The Morgan fingerprint density at radius 2 is 1.88 bits per heavy atom. The van der Waals surface area contributed by atoms with Crippen molar-refractivity contribution in [1.82, 2.24) is 9.88 Å². The molecular formula is C16H24Cl4N4O. The van der Waals surface area contributed by atoms with Crippen molar-refractivity contribution >= 4 is 59.7 Å². The highest BCUT2D eigenvalue weighted by Gasteiger charge is 2.35. The summed E-state index contributed by atoms with van der Waals surface area (Å²) in [7, 11) is 0. The third kappa shape index (κ3) is 5.04. The molecule has 1 saturated carbocycles. The van der Waals surface area contributed by atoms with E-state index in [0.717, 1.165) is 38.2 Å². The molecule has 0 radical (unpaired) electrons. The molecule has 1 aliphatic carbocycles. The maximum absolute atomic E-state index is 12.7. The minimum atomic E-state index is 0. The maximum Gasteiger partial charge on any atom is 0.226 e. The SMILES string of the molecule is Cl.Cl.NC[C@H]1CCC[C@H]1C(=O)N1CCN(c2ncc(Cl)cc2Cl)CC1. The summed E-state index contributed by atoms with van der Waals surface area (Å²) in [6, 6.07) is 1.70. The smallest absolute Gasteiger partial charge is 0.226 e. The summed E-state index contributed by atoms with van der Waals surface area (Å²) >= 11 is 12.1. The third-order valence-corrected chi connectivity index (χ3v) is 5.44. The molecular weight excluding hydrogens is 406 g/mol. The lowest BCUT2D eigenvalue weighted by Crippen LogP contribution is -2.51. The Morgan fingerprint density at radius 3 is 2.48 bits per heavy atom. The van der Waals surface area contributed by atoms with Crippen LogP contribution in [0.25, 0.3) is 0 Å². The fourth-order valence-corrected chi connectivity index (χ4v) is 4.16. The Morgan fingerprint density at radius 1 is 1.20 bits per heavy atom. The van der Waals surface area contributed by atoms with E-state index in [9.17, 15) is 4.79 Å². The number of carbonyl (C=O) groups is 1. The van der Waals surface area contributed by atoms with E-state index in [0.29, 0.717) is 35.6 Å². The molecule has 1 aromatic heterocycles. The first-order chi connectivity index (χ1) is 11.1. The van der Waals surface area contributed by atoms with Crippen LogP contribution in [0, 0.1) is 11.8 Å². The van der Waals surface area contributed by atoms with E-state index in [1.165, 1.54) is 0 Å². The molecule has 3 rings (SSSR count). The molecule has 0 aromatic carbocycles. The van der Waals surface area contributed by atoms with E-state index < -0.39 is 0 Å². The molecule has 9 heteroatoms. The molecule has 0 unspecified atom stereocenters. The predicted molar refractivity (Wildman–Crippen MR) is 107 cm³/mol. The third-order valence-electron chi connectivity index (χ3n) is 4.96. The molecule has 25 heavy (non-hydrogen) atoms. The van der Waals surface area contributed by atoms with E-state index in [2.05, 4.69) is 9.88 Å². The number of pyridine rings is 1.